The van der Waals surface area contributed by atoms with Crippen LogP contribution < -0.4 is 10.6 Å². The lowest BCUT2D eigenvalue weighted by atomic mass is 10.1. The van der Waals surface area contributed by atoms with Gasteiger partial charge in [0.15, 0.2) is 0 Å². The Morgan fingerprint density at radius 1 is 1.07 bits per heavy atom. The molecule has 2 rings (SSSR count). The molecule has 2 aliphatic rings. The quantitative estimate of drug-likeness (QED) is 0.696. The first-order chi connectivity index (χ1) is 6.86. The van der Waals surface area contributed by atoms with Crippen molar-refractivity contribution in [1.29, 1.82) is 0 Å². The SMILES string of the molecule is O=C1NCCCCC1NC1CCCC1. The van der Waals surface area contributed by atoms with E-state index in [1.807, 2.05) is 0 Å². The molecule has 0 aromatic rings. The van der Waals surface area contributed by atoms with Gasteiger partial charge in [0.2, 0.25) is 5.91 Å². The molecular weight excluding hydrogens is 176 g/mol. The fourth-order valence-corrected chi connectivity index (χ4v) is 2.48. The van der Waals surface area contributed by atoms with Crippen LogP contribution in [0.15, 0.2) is 0 Å². The van der Waals surface area contributed by atoms with E-state index in [0.29, 0.717) is 6.04 Å². The van der Waals surface area contributed by atoms with Gasteiger partial charge in [-0.1, -0.05) is 12.8 Å². The Balaban J connectivity index is 1.84. The molecule has 1 unspecified atom stereocenters. The van der Waals surface area contributed by atoms with Gasteiger partial charge in [0.1, 0.15) is 0 Å². The second-order valence-electron chi connectivity index (χ2n) is 4.49. The standard InChI is InChI=1S/C11H20N2O/c14-11-10(7-3-4-8-12-11)13-9-5-1-2-6-9/h9-10,13H,1-8H2,(H,12,14). The zero-order valence-electron chi connectivity index (χ0n) is 8.72. The van der Waals surface area contributed by atoms with Crippen molar-refractivity contribution >= 4 is 5.91 Å². The summed E-state index contributed by atoms with van der Waals surface area (Å²) in [6.07, 6.45) is 8.48. The Labute approximate surface area is 85.6 Å². The first-order valence-electron chi connectivity index (χ1n) is 5.90. The van der Waals surface area contributed by atoms with Crippen molar-refractivity contribution in [2.75, 3.05) is 6.54 Å². The maximum absolute atomic E-state index is 11.6. The van der Waals surface area contributed by atoms with Gasteiger partial charge in [-0.05, 0) is 32.1 Å². The Bertz CT molecular complexity index is 199. The Morgan fingerprint density at radius 2 is 1.79 bits per heavy atom. The summed E-state index contributed by atoms with van der Waals surface area (Å²) in [4.78, 5) is 11.6. The van der Waals surface area contributed by atoms with E-state index in [2.05, 4.69) is 10.6 Å². The number of carbonyl (C=O) groups excluding carboxylic acids is 1. The number of nitrogens with one attached hydrogen (secondary N) is 2. The van der Waals surface area contributed by atoms with Crippen LogP contribution in [-0.4, -0.2) is 24.5 Å². The fourth-order valence-electron chi connectivity index (χ4n) is 2.48. The van der Waals surface area contributed by atoms with Crippen molar-refractivity contribution in [2.45, 2.75) is 57.0 Å². The third kappa shape index (κ3) is 2.47. The van der Waals surface area contributed by atoms with Crippen LogP contribution in [0.25, 0.3) is 0 Å². The average molecular weight is 196 g/mol. The van der Waals surface area contributed by atoms with Crippen LogP contribution >= 0.6 is 0 Å². The highest BCUT2D eigenvalue weighted by Crippen LogP contribution is 2.19. The maximum Gasteiger partial charge on any atom is 0.237 e. The Hall–Kier alpha value is -0.570. The molecule has 1 aliphatic heterocycles. The summed E-state index contributed by atoms with van der Waals surface area (Å²) in [7, 11) is 0. The molecule has 80 valence electrons. The third-order valence-corrected chi connectivity index (χ3v) is 3.33. The summed E-state index contributed by atoms with van der Waals surface area (Å²) >= 11 is 0. The van der Waals surface area contributed by atoms with Gasteiger partial charge in [-0.2, -0.15) is 0 Å². The molecule has 3 heteroatoms. The summed E-state index contributed by atoms with van der Waals surface area (Å²) in [5.74, 6) is 0.217. The minimum atomic E-state index is 0.0839. The fraction of sp³-hybridized carbons (Fsp3) is 0.909. The van der Waals surface area contributed by atoms with Gasteiger partial charge < -0.3 is 10.6 Å². The lowest BCUT2D eigenvalue weighted by Crippen LogP contribution is -2.46. The van der Waals surface area contributed by atoms with Crippen LogP contribution in [0.2, 0.25) is 0 Å². The van der Waals surface area contributed by atoms with Crippen molar-refractivity contribution in [3.8, 4) is 0 Å². The van der Waals surface area contributed by atoms with Gasteiger partial charge in [-0.3, -0.25) is 4.79 Å². The topological polar surface area (TPSA) is 41.1 Å². The zero-order valence-corrected chi connectivity index (χ0v) is 8.72. The molecule has 1 saturated heterocycles. The van der Waals surface area contributed by atoms with Crippen molar-refractivity contribution in [3.63, 3.8) is 0 Å². The van der Waals surface area contributed by atoms with Gasteiger partial charge in [0.25, 0.3) is 0 Å². The molecule has 1 aliphatic carbocycles. The molecule has 0 radical (unpaired) electrons. The second-order valence-corrected chi connectivity index (χ2v) is 4.49. The predicted molar refractivity (Wildman–Crippen MR) is 56.0 cm³/mol. The Kier molecular flexibility index (Phi) is 3.40. The summed E-state index contributed by atoms with van der Waals surface area (Å²) in [5.41, 5.74) is 0. The Morgan fingerprint density at radius 3 is 2.57 bits per heavy atom. The van der Waals surface area contributed by atoms with Gasteiger partial charge in [-0.15, -0.1) is 0 Å². The smallest absolute Gasteiger partial charge is 0.237 e. The molecule has 14 heavy (non-hydrogen) atoms. The average Bonchev–Trinajstić information content (AvgIpc) is 2.60. The van der Waals surface area contributed by atoms with E-state index in [1.54, 1.807) is 0 Å². The maximum atomic E-state index is 11.6. The van der Waals surface area contributed by atoms with E-state index in [-0.39, 0.29) is 11.9 Å². The molecule has 0 aromatic carbocycles. The number of carbonyl (C=O) groups is 1. The summed E-state index contributed by atoms with van der Waals surface area (Å²) in [6, 6.07) is 0.685. The molecule has 1 saturated carbocycles. The third-order valence-electron chi connectivity index (χ3n) is 3.33. The minimum absolute atomic E-state index is 0.0839. The van der Waals surface area contributed by atoms with Crippen LogP contribution in [0.3, 0.4) is 0 Å². The van der Waals surface area contributed by atoms with Gasteiger partial charge in [0, 0.05) is 12.6 Å². The molecule has 2 fully saturated rings. The molecule has 3 nitrogen and oxygen atoms in total. The molecule has 0 bridgehead atoms. The van der Waals surface area contributed by atoms with Gasteiger partial charge in [-0.25, -0.2) is 0 Å². The normalized spacial score (nSPS) is 30.0. The van der Waals surface area contributed by atoms with E-state index in [4.69, 9.17) is 0 Å². The van der Waals surface area contributed by atoms with E-state index in [9.17, 15) is 4.79 Å². The van der Waals surface area contributed by atoms with Crippen molar-refractivity contribution < 1.29 is 4.79 Å². The number of hydrogen-bond acceptors (Lipinski definition) is 2. The minimum Gasteiger partial charge on any atom is -0.355 e. The van der Waals surface area contributed by atoms with E-state index in [1.165, 1.54) is 32.1 Å². The van der Waals surface area contributed by atoms with E-state index >= 15 is 0 Å². The highest BCUT2D eigenvalue weighted by Gasteiger charge is 2.24. The van der Waals surface area contributed by atoms with E-state index in [0.717, 1.165) is 19.4 Å². The summed E-state index contributed by atoms with van der Waals surface area (Å²) in [5, 5.41) is 6.46. The lowest BCUT2D eigenvalue weighted by Gasteiger charge is -2.19. The largest absolute Gasteiger partial charge is 0.355 e. The molecule has 1 amide bonds. The predicted octanol–water partition coefficient (Wildman–Crippen LogP) is 1.19. The van der Waals surface area contributed by atoms with Crippen molar-refractivity contribution in [1.82, 2.24) is 10.6 Å². The van der Waals surface area contributed by atoms with Crippen LogP contribution in [0, 0.1) is 0 Å². The van der Waals surface area contributed by atoms with Crippen LogP contribution in [0.4, 0.5) is 0 Å². The van der Waals surface area contributed by atoms with Gasteiger partial charge >= 0.3 is 0 Å². The first kappa shape index (κ1) is 9.97. The number of amides is 1. The zero-order chi connectivity index (χ0) is 9.80. The van der Waals surface area contributed by atoms with Crippen molar-refractivity contribution in [3.05, 3.63) is 0 Å². The molecular formula is C11H20N2O. The van der Waals surface area contributed by atoms with Crippen LogP contribution in [0.1, 0.15) is 44.9 Å². The summed E-state index contributed by atoms with van der Waals surface area (Å²) < 4.78 is 0. The second kappa shape index (κ2) is 4.78. The number of hydrogen-bond donors (Lipinski definition) is 2. The first-order valence-corrected chi connectivity index (χ1v) is 5.90. The van der Waals surface area contributed by atoms with Crippen LogP contribution in [0.5, 0.6) is 0 Å². The monoisotopic (exact) mass is 196 g/mol. The van der Waals surface area contributed by atoms with Crippen LogP contribution in [-0.2, 0) is 4.79 Å². The van der Waals surface area contributed by atoms with E-state index < -0.39 is 0 Å². The molecule has 1 heterocycles. The molecule has 2 N–H and O–H groups in total. The van der Waals surface area contributed by atoms with Crippen molar-refractivity contribution in [2.24, 2.45) is 0 Å². The molecule has 1 atom stereocenters. The highest BCUT2D eigenvalue weighted by molar-refractivity contribution is 5.81. The number of rotatable bonds is 2. The highest BCUT2D eigenvalue weighted by atomic mass is 16.2. The lowest BCUT2D eigenvalue weighted by molar-refractivity contribution is -0.123. The summed E-state index contributed by atoms with van der Waals surface area (Å²) in [6.45, 7) is 0.863. The molecule has 0 aromatic heterocycles. The molecule has 0 spiro atoms. The van der Waals surface area contributed by atoms with Gasteiger partial charge in [0.05, 0.1) is 6.04 Å².